The number of aliphatic hydroxyl groups is 2. The van der Waals surface area contributed by atoms with Crippen LogP contribution in [0.3, 0.4) is 0 Å². The van der Waals surface area contributed by atoms with Crippen molar-refractivity contribution in [2.45, 2.75) is 103 Å². The molecule has 5 aliphatic rings. The monoisotopic (exact) mass is 719 g/mol. The Morgan fingerprint density at radius 3 is 2.32 bits per heavy atom. The Morgan fingerprint density at radius 2 is 1.70 bits per heavy atom. The van der Waals surface area contributed by atoms with Crippen LogP contribution >= 0.6 is 0 Å². The van der Waals surface area contributed by atoms with Crippen LogP contribution in [0.5, 0.6) is 11.5 Å². The van der Waals surface area contributed by atoms with E-state index >= 15 is 0 Å². The number of hydrogen-bond acceptors (Lipinski definition) is 11. The lowest BCUT2D eigenvalue weighted by atomic mass is 9.56. The van der Waals surface area contributed by atoms with Crippen molar-refractivity contribution in [1.29, 1.82) is 0 Å². The van der Waals surface area contributed by atoms with Crippen LogP contribution in [-0.4, -0.2) is 69.3 Å². The molecular formula is C36H49NO12S. The standard InChI is InChI=1S/C36H49NO12S/c1-16-8-9-36(48-33(16)22-12-23(38)14-24(39)13-22)19(4)10-18(3)27(47-36)15-25-17(2)11-21-6-7-26(49-50(44,45)46)20(5)28(21)29(25)31(40)30-32(41)35(43)37-34(30)42/h11-14,16,18-21,25-29,33,35,38-40,43H,6-10,15H2,1-5H3,(H,37,42)(H,44,45,46)/b31-30+. The molecule has 4 fully saturated rings. The molecule has 14 heteroatoms. The molecule has 6 rings (SSSR count). The maximum Gasteiger partial charge on any atom is 0.397 e. The highest BCUT2D eigenvalue weighted by molar-refractivity contribution is 7.80. The lowest BCUT2D eigenvalue weighted by Gasteiger charge is -2.54. The van der Waals surface area contributed by atoms with E-state index in [1.807, 2.05) is 6.92 Å². The molecule has 3 aliphatic heterocycles. The molecule has 0 bridgehead atoms. The average Bonchev–Trinajstić information content (AvgIpc) is 3.27. The van der Waals surface area contributed by atoms with Gasteiger partial charge in [0.15, 0.2) is 12.0 Å². The number of rotatable bonds is 6. The van der Waals surface area contributed by atoms with Crippen molar-refractivity contribution in [3.8, 4) is 11.5 Å². The van der Waals surface area contributed by atoms with Gasteiger partial charge in [0, 0.05) is 24.3 Å². The van der Waals surface area contributed by atoms with E-state index in [4.69, 9.17) is 13.7 Å². The van der Waals surface area contributed by atoms with Gasteiger partial charge in [-0.15, -0.1) is 0 Å². The van der Waals surface area contributed by atoms with Gasteiger partial charge in [0.05, 0.1) is 18.3 Å². The van der Waals surface area contributed by atoms with Crippen LogP contribution in [0.25, 0.3) is 0 Å². The summed E-state index contributed by atoms with van der Waals surface area (Å²) >= 11 is 0. The van der Waals surface area contributed by atoms with Gasteiger partial charge >= 0.3 is 10.4 Å². The Labute approximate surface area is 292 Å². The highest BCUT2D eigenvalue weighted by Gasteiger charge is 2.55. The van der Waals surface area contributed by atoms with Crippen LogP contribution in [0.15, 0.2) is 41.2 Å². The summed E-state index contributed by atoms with van der Waals surface area (Å²) in [5.74, 6) is -5.79. The maximum atomic E-state index is 13.0. The molecule has 1 spiro atoms. The SMILES string of the molecule is CC1=CC2CCC(OS(=O)(=O)O)C(C)C2C(/C(O)=C2\C(=O)NC(O)C2=O)C1CC1OC2(CCC(C)C(c3cc(O)cc(O)c3)O2)C(C)CC1C. The number of nitrogens with one attached hydrogen (secondary N) is 1. The number of aromatic hydroxyl groups is 2. The highest BCUT2D eigenvalue weighted by atomic mass is 32.3. The first-order chi connectivity index (χ1) is 23.4. The van der Waals surface area contributed by atoms with Gasteiger partial charge in [-0.05, 0) is 92.2 Å². The normalized spacial score (nSPS) is 41.8. The minimum atomic E-state index is -4.78. The molecule has 1 aromatic rings. The minimum Gasteiger partial charge on any atom is -0.511 e. The van der Waals surface area contributed by atoms with Crippen LogP contribution in [-0.2, 0) is 33.6 Å². The zero-order valence-electron chi connectivity index (χ0n) is 29.0. The van der Waals surface area contributed by atoms with E-state index < -0.39 is 87.4 Å². The molecule has 1 saturated carbocycles. The predicted octanol–water partition coefficient (Wildman–Crippen LogP) is 4.60. The number of ketones is 1. The van der Waals surface area contributed by atoms with Gasteiger partial charge in [0.1, 0.15) is 22.8 Å². The van der Waals surface area contributed by atoms with Crippen molar-refractivity contribution >= 4 is 22.1 Å². The third-order valence-corrected chi connectivity index (χ3v) is 12.7. The molecule has 13 nitrogen and oxygen atoms in total. The van der Waals surface area contributed by atoms with Crippen LogP contribution in [0.4, 0.5) is 0 Å². The number of amides is 1. The second-order valence-electron chi connectivity index (χ2n) is 15.4. The van der Waals surface area contributed by atoms with Gasteiger partial charge in [-0.25, -0.2) is 4.18 Å². The molecule has 6 N–H and O–H groups in total. The molecule has 3 saturated heterocycles. The molecule has 0 radical (unpaired) electrons. The number of fused-ring (bicyclic) bond motifs is 1. The fourth-order valence-corrected chi connectivity index (χ4v) is 10.3. The number of Topliss-reactive ketones (excluding diaryl/α,β-unsaturated/α-hetero) is 1. The Bertz CT molecular complexity index is 1670. The van der Waals surface area contributed by atoms with E-state index in [1.54, 1.807) is 19.1 Å². The van der Waals surface area contributed by atoms with E-state index in [0.717, 1.165) is 18.4 Å². The minimum absolute atomic E-state index is 0.00801. The Hall–Kier alpha value is -3.01. The lowest BCUT2D eigenvalue weighted by molar-refractivity contribution is -0.356. The summed E-state index contributed by atoms with van der Waals surface area (Å²) in [4.78, 5) is 25.9. The largest absolute Gasteiger partial charge is 0.511 e. The molecule has 276 valence electrons. The first-order valence-corrected chi connectivity index (χ1v) is 18.9. The van der Waals surface area contributed by atoms with E-state index in [9.17, 15) is 43.0 Å². The molecule has 50 heavy (non-hydrogen) atoms. The van der Waals surface area contributed by atoms with Crippen molar-refractivity contribution in [2.24, 2.45) is 47.3 Å². The number of hydrogen-bond donors (Lipinski definition) is 6. The Balaban J connectivity index is 1.36. The van der Waals surface area contributed by atoms with Crippen LogP contribution in [0.2, 0.25) is 0 Å². The third kappa shape index (κ3) is 6.82. The number of allylic oxidation sites excluding steroid dienone is 3. The molecule has 13 unspecified atom stereocenters. The summed E-state index contributed by atoms with van der Waals surface area (Å²) in [5, 5.41) is 44.7. The number of benzene rings is 1. The summed E-state index contributed by atoms with van der Waals surface area (Å²) < 4.78 is 52.1. The summed E-state index contributed by atoms with van der Waals surface area (Å²) in [6.07, 6.45) is 1.88. The number of phenols is 2. The molecule has 0 aromatic heterocycles. The van der Waals surface area contributed by atoms with Crippen molar-refractivity contribution in [1.82, 2.24) is 5.32 Å². The van der Waals surface area contributed by atoms with Crippen LogP contribution < -0.4 is 5.32 Å². The fourth-order valence-electron chi connectivity index (χ4n) is 9.67. The van der Waals surface area contributed by atoms with E-state index in [1.165, 1.54) is 6.07 Å². The first-order valence-electron chi connectivity index (χ1n) is 17.6. The highest BCUT2D eigenvalue weighted by Crippen LogP contribution is 2.56. The van der Waals surface area contributed by atoms with Crippen LogP contribution in [0, 0.1) is 47.3 Å². The van der Waals surface area contributed by atoms with E-state index in [0.29, 0.717) is 31.2 Å². The topological polar surface area (TPSA) is 209 Å². The summed E-state index contributed by atoms with van der Waals surface area (Å²) in [6, 6.07) is 4.44. The zero-order chi connectivity index (χ0) is 36.4. The number of ether oxygens (including phenoxy) is 2. The van der Waals surface area contributed by atoms with Crippen molar-refractivity contribution in [2.75, 3.05) is 0 Å². The molecule has 1 amide bonds. The van der Waals surface area contributed by atoms with Gasteiger partial charge in [0.25, 0.3) is 5.91 Å². The first kappa shape index (κ1) is 36.8. The number of phenolic OH excluding ortho intramolecular Hbond substituents is 2. The van der Waals surface area contributed by atoms with Gasteiger partial charge < -0.3 is 35.2 Å². The van der Waals surface area contributed by atoms with Crippen molar-refractivity contribution in [3.05, 3.63) is 46.7 Å². The molecule has 1 aromatic carbocycles. The van der Waals surface area contributed by atoms with Gasteiger partial charge in [-0.2, -0.15) is 8.42 Å². The van der Waals surface area contributed by atoms with Crippen molar-refractivity contribution < 1.29 is 56.6 Å². The third-order valence-electron chi connectivity index (χ3n) is 12.2. The van der Waals surface area contributed by atoms with Gasteiger partial charge in [-0.1, -0.05) is 39.3 Å². The Morgan fingerprint density at radius 1 is 1.02 bits per heavy atom. The lowest BCUT2D eigenvalue weighted by Crippen LogP contribution is -2.55. The second-order valence-corrected chi connectivity index (χ2v) is 16.5. The average molecular weight is 720 g/mol. The van der Waals surface area contributed by atoms with E-state index in [2.05, 4.69) is 32.2 Å². The maximum absolute atomic E-state index is 13.0. The zero-order valence-corrected chi connectivity index (χ0v) is 29.8. The summed E-state index contributed by atoms with van der Waals surface area (Å²) in [7, 11) is -4.78. The Kier molecular flexibility index (Phi) is 9.94. The van der Waals surface area contributed by atoms with E-state index in [-0.39, 0.29) is 35.2 Å². The molecule has 13 atom stereocenters. The van der Waals surface area contributed by atoms with Gasteiger partial charge in [-0.3, -0.25) is 14.1 Å². The van der Waals surface area contributed by atoms with Crippen molar-refractivity contribution in [3.63, 3.8) is 0 Å². The predicted molar refractivity (Wildman–Crippen MR) is 179 cm³/mol. The molecule has 3 heterocycles. The van der Waals surface area contributed by atoms with Crippen LogP contribution in [0.1, 0.15) is 84.8 Å². The molecular weight excluding hydrogens is 670 g/mol. The smallest absolute Gasteiger partial charge is 0.397 e. The fraction of sp³-hybridized carbons (Fsp3) is 0.667. The van der Waals surface area contributed by atoms with Gasteiger partial charge in [0.2, 0.25) is 5.78 Å². The number of aliphatic hydroxyl groups excluding tert-OH is 2. The summed E-state index contributed by atoms with van der Waals surface area (Å²) in [5.41, 5.74) is 1.05. The quantitative estimate of drug-likeness (QED) is 0.0784. The second kappa shape index (κ2) is 13.5. The summed E-state index contributed by atoms with van der Waals surface area (Å²) in [6.45, 7) is 9.95. The molecule has 2 aliphatic carbocycles. The number of carbonyl (C=O) groups is 2. The number of carbonyl (C=O) groups excluding carboxylic acids is 2.